The Morgan fingerprint density at radius 3 is 2.19 bits per heavy atom. The molecule has 1 aromatic rings. The van der Waals surface area contributed by atoms with Crippen molar-refractivity contribution in [1.82, 2.24) is 15.0 Å². The second-order valence-electron chi connectivity index (χ2n) is 5.39. The highest BCUT2D eigenvalue weighted by molar-refractivity contribution is 5.27. The summed E-state index contributed by atoms with van der Waals surface area (Å²) < 4.78 is 16.4. The van der Waals surface area contributed by atoms with Gasteiger partial charge in [0.2, 0.25) is 5.95 Å². The zero-order valence-corrected chi connectivity index (χ0v) is 13.6. The van der Waals surface area contributed by atoms with Gasteiger partial charge in [-0.15, -0.1) is 4.98 Å². The maximum atomic E-state index is 5.58. The topological polar surface area (TPSA) is 78.4 Å². The van der Waals surface area contributed by atoms with Crippen molar-refractivity contribution in [2.45, 2.75) is 46.6 Å². The molecule has 7 nitrogen and oxygen atoms in total. The Kier molecular flexibility index (Phi) is 7.14. The highest BCUT2D eigenvalue weighted by Crippen LogP contribution is 2.13. The third kappa shape index (κ3) is 7.65. The summed E-state index contributed by atoms with van der Waals surface area (Å²) in [5, 5.41) is 3.09. The number of aromatic nitrogens is 3. The lowest BCUT2D eigenvalue weighted by molar-refractivity contribution is -0.0174. The lowest BCUT2D eigenvalue weighted by Crippen LogP contribution is -2.23. The summed E-state index contributed by atoms with van der Waals surface area (Å²) in [4.78, 5) is 12.5. The number of nitrogens with one attached hydrogen (secondary N) is 1. The Hall–Kier alpha value is -1.63. The molecule has 21 heavy (non-hydrogen) atoms. The van der Waals surface area contributed by atoms with Crippen LogP contribution in [0.15, 0.2) is 0 Å². The number of anilines is 1. The molecule has 0 spiro atoms. The first-order chi connectivity index (χ1) is 9.94. The van der Waals surface area contributed by atoms with Crippen LogP contribution in [0.25, 0.3) is 0 Å². The van der Waals surface area contributed by atoms with E-state index in [4.69, 9.17) is 14.2 Å². The summed E-state index contributed by atoms with van der Waals surface area (Å²) in [7, 11) is 0. The summed E-state index contributed by atoms with van der Waals surface area (Å²) in [5.41, 5.74) is -0.188. The normalized spacial score (nSPS) is 11.3. The first-order valence-corrected chi connectivity index (χ1v) is 7.34. The fourth-order valence-corrected chi connectivity index (χ4v) is 1.39. The minimum absolute atomic E-state index is 0.188. The van der Waals surface area contributed by atoms with Gasteiger partial charge in [-0.05, 0) is 34.1 Å². The predicted octanol–water partition coefficient (Wildman–Crippen LogP) is 2.29. The standard InChI is InChI=1S/C14H26N4O3/c1-6-8-15-11-16-12(19-7-2)18-13(17-11)20-9-10-21-14(3,4)5/h6-10H2,1-5H3,(H,15,16,17,18). The van der Waals surface area contributed by atoms with Crippen LogP contribution in [-0.2, 0) is 4.74 Å². The minimum Gasteiger partial charge on any atom is -0.464 e. The number of rotatable bonds is 9. The van der Waals surface area contributed by atoms with Crippen molar-refractivity contribution in [2.75, 3.05) is 31.7 Å². The Bertz CT molecular complexity index is 421. The van der Waals surface area contributed by atoms with Crippen molar-refractivity contribution in [3.8, 4) is 12.0 Å². The van der Waals surface area contributed by atoms with Crippen molar-refractivity contribution in [3.05, 3.63) is 0 Å². The van der Waals surface area contributed by atoms with Crippen LogP contribution >= 0.6 is 0 Å². The van der Waals surface area contributed by atoms with E-state index in [0.29, 0.717) is 25.8 Å². The van der Waals surface area contributed by atoms with Crippen LogP contribution in [-0.4, -0.2) is 46.9 Å². The minimum atomic E-state index is -0.188. The summed E-state index contributed by atoms with van der Waals surface area (Å²) in [5.74, 6) is 0.460. The van der Waals surface area contributed by atoms with E-state index in [9.17, 15) is 0 Å². The highest BCUT2D eigenvalue weighted by atomic mass is 16.5. The SMILES string of the molecule is CCCNc1nc(OCC)nc(OCCOC(C)(C)C)n1. The molecule has 0 unspecified atom stereocenters. The number of hydrogen-bond donors (Lipinski definition) is 1. The second kappa shape index (κ2) is 8.61. The summed E-state index contributed by atoms with van der Waals surface area (Å²) in [6, 6.07) is 0.502. The van der Waals surface area contributed by atoms with Gasteiger partial charge in [0.05, 0.1) is 18.8 Å². The molecule has 0 radical (unpaired) electrons. The molecule has 0 aromatic carbocycles. The van der Waals surface area contributed by atoms with Gasteiger partial charge in [0.1, 0.15) is 6.61 Å². The fourth-order valence-electron chi connectivity index (χ4n) is 1.39. The molecule has 1 rings (SSSR count). The molecule has 1 N–H and O–H groups in total. The monoisotopic (exact) mass is 298 g/mol. The summed E-state index contributed by atoms with van der Waals surface area (Å²) in [6.07, 6.45) is 0.977. The Morgan fingerprint density at radius 2 is 1.62 bits per heavy atom. The van der Waals surface area contributed by atoms with E-state index >= 15 is 0 Å². The quantitative estimate of drug-likeness (QED) is 0.701. The number of ether oxygens (including phenoxy) is 3. The van der Waals surface area contributed by atoms with Crippen molar-refractivity contribution in [1.29, 1.82) is 0 Å². The third-order valence-corrected chi connectivity index (χ3v) is 2.25. The van der Waals surface area contributed by atoms with Crippen LogP contribution in [0, 0.1) is 0 Å². The van der Waals surface area contributed by atoms with E-state index in [1.54, 1.807) is 0 Å². The van der Waals surface area contributed by atoms with Crippen LogP contribution in [0.4, 0.5) is 5.95 Å². The first-order valence-electron chi connectivity index (χ1n) is 7.34. The Morgan fingerprint density at radius 1 is 0.952 bits per heavy atom. The van der Waals surface area contributed by atoms with E-state index in [1.807, 2.05) is 27.7 Å². The smallest absolute Gasteiger partial charge is 0.324 e. The van der Waals surface area contributed by atoms with Gasteiger partial charge < -0.3 is 19.5 Å². The molecule has 0 bridgehead atoms. The lowest BCUT2D eigenvalue weighted by atomic mass is 10.2. The van der Waals surface area contributed by atoms with Crippen molar-refractivity contribution in [3.63, 3.8) is 0 Å². The summed E-state index contributed by atoms with van der Waals surface area (Å²) in [6.45, 7) is 12.0. The molecule has 0 saturated heterocycles. The van der Waals surface area contributed by atoms with Crippen molar-refractivity contribution < 1.29 is 14.2 Å². The van der Waals surface area contributed by atoms with Gasteiger partial charge in [-0.2, -0.15) is 9.97 Å². The molecule has 0 fully saturated rings. The molecular formula is C14H26N4O3. The van der Waals surface area contributed by atoms with Gasteiger partial charge >= 0.3 is 12.0 Å². The molecule has 0 amide bonds. The van der Waals surface area contributed by atoms with Gasteiger partial charge in [-0.25, -0.2) is 0 Å². The van der Waals surface area contributed by atoms with E-state index < -0.39 is 0 Å². The molecule has 1 aromatic heterocycles. The van der Waals surface area contributed by atoms with Crippen LogP contribution in [0.2, 0.25) is 0 Å². The largest absolute Gasteiger partial charge is 0.464 e. The zero-order chi connectivity index (χ0) is 15.7. The molecule has 0 saturated carbocycles. The average Bonchev–Trinajstić information content (AvgIpc) is 2.41. The van der Waals surface area contributed by atoms with Gasteiger partial charge in [0.15, 0.2) is 0 Å². The molecule has 0 aliphatic carbocycles. The maximum absolute atomic E-state index is 5.58. The van der Waals surface area contributed by atoms with E-state index in [0.717, 1.165) is 13.0 Å². The number of hydrogen-bond acceptors (Lipinski definition) is 7. The zero-order valence-electron chi connectivity index (χ0n) is 13.6. The highest BCUT2D eigenvalue weighted by Gasteiger charge is 2.11. The lowest BCUT2D eigenvalue weighted by Gasteiger charge is -2.19. The van der Waals surface area contributed by atoms with Crippen LogP contribution in [0.5, 0.6) is 12.0 Å². The van der Waals surface area contributed by atoms with Crippen LogP contribution in [0.1, 0.15) is 41.0 Å². The van der Waals surface area contributed by atoms with E-state index in [-0.39, 0.29) is 17.6 Å². The second-order valence-corrected chi connectivity index (χ2v) is 5.39. The molecule has 0 aliphatic heterocycles. The van der Waals surface area contributed by atoms with Crippen molar-refractivity contribution >= 4 is 5.95 Å². The van der Waals surface area contributed by atoms with Crippen molar-refractivity contribution in [2.24, 2.45) is 0 Å². The van der Waals surface area contributed by atoms with Gasteiger partial charge in [-0.3, -0.25) is 0 Å². The van der Waals surface area contributed by atoms with Crippen LogP contribution < -0.4 is 14.8 Å². The fraction of sp³-hybridized carbons (Fsp3) is 0.786. The summed E-state index contributed by atoms with van der Waals surface area (Å²) >= 11 is 0. The number of nitrogens with zero attached hydrogens (tertiary/aromatic N) is 3. The van der Waals surface area contributed by atoms with Gasteiger partial charge in [0.25, 0.3) is 0 Å². The van der Waals surface area contributed by atoms with Gasteiger partial charge in [-0.1, -0.05) is 6.92 Å². The molecular weight excluding hydrogens is 272 g/mol. The Labute approximate surface area is 126 Å². The maximum Gasteiger partial charge on any atom is 0.324 e. The molecule has 120 valence electrons. The predicted molar refractivity (Wildman–Crippen MR) is 81.0 cm³/mol. The first kappa shape index (κ1) is 17.4. The molecule has 1 heterocycles. The average molecular weight is 298 g/mol. The van der Waals surface area contributed by atoms with Gasteiger partial charge in [0, 0.05) is 6.54 Å². The molecule has 7 heteroatoms. The Balaban J connectivity index is 2.60. The van der Waals surface area contributed by atoms with Crippen LogP contribution in [0.3, 0.4) is 0 Å². The molecule has 0 aliphatic rings. The third-order valence-electron chi connectivity index (χ3n) is 2.25. The van der Waals surface area contributed by atoms with E-state index in [2.05, 4.69) is 27.2 Å². The van der Waals surface area contributed by atoms with E-state index in [1.165, 1.54) is 0 Å². The molecule has 0 atom stereocenters.